The monoisotopic (exact) mass is 646 g/mol. The predicted molar refractivity (Wildman–Crippen MR) is 170 cm³/mol. The quantitative estimate of drug-likeness (QED) is 0.277. The number of nitrogens with two attached hydrogens (primary N) is 1. The van der Waals surface area contributed by atoms with Gasteiger partial charge in [-0.15, -0.1) is 0 Å². The molecule has 6 rings (SSSR count). The second-order valence-electron chi connectivity index (χ2n) is 11.7. The predicted octanol–water partition coefficient (Wildman–Crippen LogP) is 5.21. The summed E-state index contributed by atoms with van der Waals surface area (Å²) < 4.78 is 41.2. The summed E-state index contributed by atoms with van der Waals surface area (Å²) in [6.07, 6.45) is 6.08. The fourth-order valence-electron chi connectivity index (χ4n) is 6.14. The molecule has 0 spiro atoms. The summed E-state index contributed by atoms with van der Waals surface area (Å²) in [6, 6.07) is 7.00. The SMILES string of the molecule is CC(=O)N1C[C@@H]2C[C@@H]1C(=O)NCCCCC/C=C/c1cnc(N)c3c(-c4ccc(C(=O)Nc5cc(C(F)(F)F)ccn5)cc4)nn2c13. The van der Waals surface area contributed by atoms with Gasteiger partial charge in [0.1, 0.15) is 23.4 Å². The molecule has 1 fully saturated rings. The lowest BCUT2D eigenvalue weighted by molar-refractivity contribution is -0.137. The number of anilines is 2. The average Bonchev–Trinajstić information content (AvgIpc) is 3.66. The molecule has 47 heavy (non-hydrogen) atoms. The van der Waals surface area contributed by atoms with Crippen LogP contribution in [0.2, 0.25) is 0 Å². The first-order valence-corrected chi connectivity index (χ1v) is 15.3. The Morgan fingerprint density at radius 3 is 2.62 bits per heavy atom. The number of hydrogen-bond donors (Lipinski definition) is 3. The van der Waals surface area contributed by atoms with E-state index in [1.54, 1.807) is 23.2 Å². The number of fused-ring (bicyclic) bond motifs is 3. The van der Waals surface area contributed by atoms with Gasteiger partial charge in [0.25, 0.3) is 5.91 Å². The van der Waals surface area contributed by atoms with E-state index in [0.717, 1.165) is 49.6 Å². The van der Waals surface area contributed by atoms with E-state index in [4.69, 9.17) is 10.8 Å². The van der Waals surface area contributed by atoms with Crippen LogP contribution in [0.15, 0.2) is 54.9 Å². The molecule has 2 atom stereocenters. The molecule has 14 heteroatoms. The summed E-state index contributed by atoms with van der Waals surface area (Å²) in [6.45, 7) is 2.26. The Hall–Kier alpha value is -5.27. The summed E-state index contributed by atoms with van der Waals surface area (Å²) in [4.78, 5) is 48.6. The van der Waals surface area contributed by atoms with Gasteiger partial charge in [-0.25, -0.2) is 9.97 Å². The highest BCUT2D eigenvalue weighted by Crippen LogP contribution is 2.38. The summed E-state index contributed by atoms with van der Waals surface area (Å²) >= 11 is 0. The van der Waals surface area contributed by atoms with E-state index in [0.29, 0.717) is 35.1 Å². The Kier molecular flexibility index (Phi) is 8.67. The second kappa shape index (κ2) is 12.9. The number of halogens is 3. The number of alkyl halides is 3. The minimum Gasteiger partial charge on any atom is -0.383 e. The third kappa shape index (κ3) is 6.53. The number of hydrogen-bond acceptors (Lipinski definition) is 7. The molecule has 244 valence electrons. The van der Waals surface area contributed by atoms with Crippen LogP contribution in [0.3, 0.4) is 0 Å². The lowest BCUT2D eigenvalue weighted by Gasteiger charge is -2.22. The van der Waals surface area contributed by atoms with Crippen LogP contribution in [-0.4, -0.2) is 61.5 Å². The maximum Gasteiger partial charge on any atom is 0.416 e. The van der Waals surface area contributed by atoms with Gasteiger partial charge in [-0.2, -0.15) is 18.3 Å². The van der Waals surface area contributed by atoms with Crippen molar-refractivity contribution >= 4 is 46.3 Å². The largest absolute Gasteiger partial charge is 0.416 e. The van der Waals surface area contributed by atoms with Crippen LogP contribution >= 0.6 is 0 Å². The lowest BCUT2D eigenvalue weighted by atomic mass is 10.0. The Morgan fingerprint density at radius 2 is 1.87 bits per heavy atom. The fourth-order valence-corrected chi connectivity index (χ4v) is 6.14. The molecule has 5 heterocycles. The average molecular weight is 647 g/mol. The molecule has 2 bridgehead atoms. The summed E-state index contributed by atoms with van der Waals surface area (Å²) in [5.41, 5.74) is 8.34. The molecule has 3 amide bonds. The topological polar surface area (TPSA) is 148 Å². The van der Waals surface area contributed by atoms with Gasteiger partial charge in [-0.3, -0.25) is 19.1 Å². The van der Waals surface area contributed by atoms with Crippen LogP contribution in [0, 0.1) is 0 Å². The first kappa shape index (κ1) is 31.7. The van der Waals surface area contributed by atoms with Gasteiger partial charge in [0, 0.05) is 55.5 Å². The zero-order valence-electron chi connectivity index (χ0n) is 25.6. The molecule has 11 nitrogen and oxygen atoms in total. The van der Waals surface area contributed by atoms with Crippen LogP contribution in [0.25, 0.3) is 28.2 Å². The van der Waals surface area contributed by atoms with Crippen molar-refractivity contribution in [3.63, 3.8) is 0 Å². The molecule has 1 saturated heterocycles. The van der Waals surface area contributed by atoms with Crippen molar-refractivity contribution in [3.8, 4) is 11.3 Å². The van der Waals surface area contributed by atoms with Gasteiger partial charge in [-0.05, 0) is 43.5 Å². The van der Waals surface area contributed by atoms with Gasteiger partial charge in [-0.1, -0.05) is 30.7 Å². The number of benzene rings is 1. The number of allylic oxidation sites excluding steroid dienone is 1. The molecular weight excluding hydrogens is 613 g/mol. The molecule has 2 aliphatic heterocycles. The minimum atomic E-state index is -4.58. The Bertz CT molecular complexity index is 1870. The normalized spacial score (nSPS) is 19.5. The molecule has 0 unspecified atom stereocenters. The number of nitrogens with zero attached hydrogens (tertiary/aromatic N) is 5. The molecule has 4 aromatic rings. The fraction of sp³-hybridized carbons (Fsp3) is 0.333. The molecule has 0 aliphatic carbocycles. The van der Waals surface area contributed by atoms with E-state index in [9.17, 15) is 27.6 Å². The lowest BCUT2D eigenvalue weighted by Crippen LogP contribution is -2.45. The zero-order valence-corrected chi connectivity index (χ0v) is 25.6. The van der Waals surface area contributed by atoms with Crippen LogP contribution in [0.1, 0.15) is 66.6 Å². The molecule has 2 aliphatic rings. The van der Waals surface area contributed by atoms with Gasteiger partial charge in [0.2, 0.25) is 11.8 Å². The van der Waals surface area contributed by atoms with Crippen LogP contribution in [0.4, 0.5) is 24.8 Å². The van der Waals surface area contributed by atoms with Gasteiger partial charge in [0.05, 0.1) is 22.5 Å². The third-order valence-corrected chi connectivity index (χ3v) is 8.51. The minimum absolute atomic E-state index is 0.189. The smallest absolute Gasteiger partial charge is 0.383 e. The van der Waals surface area contributed by atoms with E-state index in [1.165, 1.54) is 19.1 Å². The molecule has 3 aromatic heterocycles. The second-order valence-corrected chi connectivity index (χ2v) is 11.7. The van der Waals surface area contributed by atoms with Crippen molar-refractivity contribution in [1.82, 2.24) is 30.0 Å². The first-order valence-electron chi connectivity index (χ1n) is 15.3. The van der Waals surface area contributed by atoms with Crippen molar-refractivity contribution < 1.29 is 27.6 Å². The highest BCUT2D eigenvalue weighted by Gasteiger charge is 2.40. The van der Waals surface area contributed by atoms with Crippen molar-refractivity contribution in [2.75, 3.05) is 24.1 Å². The van der Waals surface area contributed by atoms with E-state index >= 15 is 0 Å². The van der Waals surface area contributed by atoms with E-state index in [1.807, 2.05) is 10.8 Å². The molecule has 4 N–H and O–H groups in total. The molecule has 1 aromatic carbocycles. The molecular formula is C33H33F3N8O3. The number of likely N-dealkylation sites (tertiary alicyclic amines) is 1. The highest BCUT2D eigenvalue weighted by atomic mass is 19.4. The van der Waals surface area contributed by atoms with Crippen molar-refractivity contribution in [2.24, 2.45) is 0 Å². The number of nitrogen functional groups attached to an aromatic ring is 1. The maximum absolute atomic E-state index is 13.2. The molecule has 0 radical (unpaired) electrons. The Labute approximate surface area is 268 Å². The number of rotatable bonds is 3. The van der Waals surface area contributed by atoms with Gasteiger partial charge >= 0.3 is 6.18 Å². The maximum atomic E-state index is 13.2. The third-order valence-electron chi connectivity index (χ3n) is 8.51. The van der Waals surface area contributed by atoms with E-state index in [-0.39, 0.29) is 41.6 Å². The van der Waals surface area contributed by atoms with Crippen LogP contribution in [0.5, 0.6) is 0 Å². The zero-order chi connectivity index (χ0) is 33.3. The summed E-state index contributed by atoms with van der Waals surface area (Å²) in [7, 11) is 0. The number of amides is 3. The standard InChI is InChI=1S/C33H33F3N8O3/c1-19(45)43-18-24-16-25(43)32(47)39-13-6-4-2-3-5-7-22-17-40-30(37)27-28(42-44(24)29(22)27)20-8-10-21(11-9-20)31(46)41-26-15-23(12-14-38-26)33(34,35)36/h5,7-12,14-15,17,24-25H,2-4,6,13,16,18H2,1H3,(H2,37,40)(H,39,47)(H,38,41,46)/b7-5+/t24-,25+/m0/s1. The molecule has 0 saturated carbocycles. The van der Waals surface area contributed by atoms with Gasteiger partial charge < -0.3 is 21.3 Å². The number of pyridine rings is 2. The van der Waals surface area contributed by atoms with Crippen LogP contribution < -0.4 is 16.4 Å². The van der Waals surface area contributed by atoms with E-state index in [2.05, 4.69) is 26.7 Å². The highest BCUT2D eigenvalue weighted by molar-refractivity contribution is 6.06. The first-order chi connectivity index (χ1) is 22.5. The van der Waals surface area contributed by atoms with Gasteiger partial charge in [0.15, 0.2) is 0 Å². The summed E-state index contributed by atoms with van der Waals surface area (Å²) in [5, 5.41) is 11.0. The number of carbonyl (C=O) groups is 3. The number of carbonyl (C=O) groups excluding carboxylic acids is 3. The van der Waals surface area contributed by atoms with Crippen molar-refractivity contribution in [3.05, 3.63) is 71.6 Å². The summed E-state index contributed by atoms with van der Waals surface area (Å²) in [5.74, 6) is -1.03. The number of aromatic nitrogens is 4. The van der Waals surface area contributed by atoms with E-state index < -0.39 is 23.7 Å². The number of nitrogens with one attached hydrogen (secondary N) is 2. The van der Waals surface area contributed by atoms with Crippen molar-refractivity contribution in [1.29, 1.82) is 0 Å². The Balaban J connectivity index is 1.38. The Morgan fingerprint density at radius 1 is 1.09 bits per heavy atom. The van der Waals surface area contributed by atoms with Crippen LogP contribution in [-0.2, 0) is 15.8 Å². The van der Waals surface area contributed by atoms with Crippen molar-refractivity contribution in [2.45, 2.75) is 57.3 Å².